The van der Waals surface area contributed by atoms with E-state index in [2.05, 4.69) is 10.3 Å². The van der Waals surface area contributed by atoms with Crippen LogP contribution in [0.25, 0.3) is 10.2 Å². The van der Waals surface area contributed by atoms with Crippen molar-refractivity contribution >= 4 is 32.6 Å². The molecule has 0 saturated heterocycles. The van der Waals surface area contributed by atoms with Crippen molar-refractivity contribution in [3.63, 3.8) is 0 Å². The maximum absolute atomic E-state index is 13.0. The third kappa shape index (κ3) is 2.13. The Labute approximate surface area is 138 Å². The van der Waals surface area contributed by atoms with Crippen LogP contribution in [0.3, 0.4) is 0 Å². The molecule has 5 heteroatoms. The first kappa shape index (κ1) is 13.9. The molecule has 4 saturated carbocycles. The van der Waals surface area contributed by atoms with Gasteiger partial charge in [0.2, 0.25) is 5.91 Å². The van der Waals surface area contributed by atoms with Crippen molar-refractivity contribution in [2.24, 2.45) is 17.3 Å². The molecule has 1 aromatic carbocycles. The van der Waals surface area contributed by atoms with Crippen LogP contribution in [-0.4, -0.2) is 21.6 Å². The number of carbonyl (C=O) groups excluding carboxylic acids is 1. The summed E-state index contributed by atoms with van der Waals surface area (Å²) in [7, 11) is 0. The minimum Gasteiger partial charge on any atom is -0.390 e. The van der Waals surface area contributed by atoms with Crippen molar-refractivity contribution in [2.75, 3.05) is 5.32 Å². The predicted octanol–water partition coefficient (Wildman–Crippen LogP) is 3.57. The molecule has 0 unspecified atom stereocenters. The normalized spacial score (nSPS) is 38.1. The molecule has 23 heavy (non-hydrogen) atoms. The highest BCUT2D eigenvalue weighted by molar-refractivity contribution is 7.22. The minimum absolute atomic E-state index is 0.0732. The highest BCUT2D eigenvalue weighted by Crippen LogP contribution is 2.61. The molecule has 1 heterocycles. The van der Waals surface area contributed by atoms with E-state index < -0.39 is 5.60 Å². The molecule has 120 valence electrons. The van der Waals surface area contributed by atoms with E-state index in [9.17, 15) is 9.90 Å². The molecule has 2 aromatic rings. The van der Waals surface area contributed by atoms with E-state index in [4.69, 9.17) is 0 Å². The first-order valence-electron chi connectivity index (χ1n) is 8.43. The van der Waals surface area contributed by atoms with Crippen LogP contribution in [0.1, 0.15) is 38.5 Å². The number of rotatable bonds is 2. The van der Waals surface area contributed by atoms with Crippen molar-refractivity contribution in [2.45, 2.75) is 44.1 Å². The standard InChI is InChI=1S/C18H20N2O2S/c21-15(20-16-19-13-3-1-2-4-14(13)23-16)17-6-11-5-12(7-17)9-18(22,8-11)10-17/h1-4,11-12,22H,5-10H2,(H,19,20,21)/t11-,12-,17?,18?/m1/s1. The largest absolute Gasteiger partial charge is 0.390 e. The average molecular weight is 328 g/mol. The van der Waals surface area contributed by atoms with Gasteiger partial charge in [0, 0.05) is 0 Å². The fourth-order valence-corrected chi connectivity index (χ4v) is 6.50. The van der Waals surface area contributed by atoms with Gasteiger partial charge in [0.1, 0.15) is 0 Å². The van der Waals surface area contributed by atoms with Gasteiger partial charge < -0.3 is 10.4 Å². The lowest BCUT2D eigenvalue weighted by Gasteiger charge is -2.59. The summed E-state index contributed by atoms with van der Waals surface area (Å²) in [6.45, 7) is 0. The van der Waals surface area contributed by atoms with Gasteiger partial charge in [0.05, 0.1) is 21.2 Å². The molecule has 1 amide bonds. The van der Waals surface area contributed by atoms with Crippen LogP contribution in [0.2, 0.25) is 0 Å². The molecule has 4 bridgehead atoms. The quantitative estimate of drug-likeness (QED) is 0.886. The summed E-state index contributed by atoms with van der Waals surface area (Å²) in [5, 5.41) is 14.5. The van der Waals surface area contributed by atoms with Gasteiger partial charge in [-0.1, -0.05) is 23.5 Å². The van der Waals surface area contributed by atoms with Gasteiger partial charge in [-0.3, -0.25) is 4.79 Å². The minimum atomic E-state index is -0.602. The Hall–Kier alpha value is -1.46. The van der Waals surface area contributed by atoms with E-state index >= 15 is 0 Å². The summed E-state index contributed by atoms with van der Waals surface area (Å²) in [6.07, 6.45) is 5.46. The molecule has 4 aliphatic carbocycles. The van der Waals surface area contributed by atoms with Crippen LogP contribution in [0, 0.1) is 17.3 Å². The second-order valence-electron chi connectivity index (χ2n) is 7.91. The number of hydrogen-bond acceptors (Lipinski definition) is 4. The Bertz CT molecular complexity index is 752. The number of fused-ring (bicyclic) bond motifs is 1. The maximum Gasteiger partial charge on any atom is 0.232 e. The summed E-state index contributed by atoms with van der Waals surface area (Å²) in [4.78, 5) is 17.6. The van der Waals surface area contributed by atoms with E-state index in [0.717, 1.165) is 35.9 Å². The Kier molecular flexibility index (Phi) is 2.75. The Morgan fingerprint density at radius 2 is 1.96 bits per heavy atom. The zero-order valence-electron chi connectivity index (χ0n) is 12.9. The van der Waals surface area contributed by atoms with Crippen molar-refractivity contribution in [1.29, 1.82) is 0 Å². The van der Waals surface area contributed by atoms with Crippen LogP contribution < -0.4 is 5.32 Å². The lowest BCUT2D eigenvalue weighted by Crippen LogP contribution is -2.59. The van der Waals surface area contributed by atoms with Gasteiger partial charge in [0.25, 0.3) is 0 Å². The molecule has 4 aliphatic rings. The number of nitrogens with zero attached hydrogens (tertiary/aromatic N) is 1. The summed E-state index contributed by atoms with van der Waals surface area (Å²) in [5.74, 6) is 1.11. The average Bonchev–Trinajstić information content (AvgIpc) is 2.86. The summed E-state index contributed by atoms with van der Waals surface area (Å²) < 4.78 is 1.09. The number of aliphatic hydroxyl groups is 1. The number of para-hydroxylation sites is 1. The van der Waals surface area contributed by atoms with Gasteiger partial charge in [-0.25, -0.2) is 4.98 Å². The second kappa shape index (κ2) is 4.54. The van der Waals surface area contributed by atoms with E-state index in [-0.39, 0.29) is 11.3 Å². The van der Waals surface area contributed by atoms with Gasteiger partial charge in [-0.2, -0.15) is 0 Å². The van der Waals surface area contributed by atoms with Crippen molar-refractivity contribution in [3.8, 4) is 0 Å². The number of carbonyl (C=O) groups is 1. The molecule has 0 radical (unpaired) electrons. The number of benzene rings is 1. The number of anilines is 1. The highest BCUT2D eigenvalue weighted by atomic mass is 32.1. The lowest BCUT2D eigenvalue weighted by molar-refractivity contribution is -0.174. The molecule has 0 spiro atoms. The highest BCUT2D eigenvalue weighted by Gasteiger charge is 2.60. The smallest absolute Gasteiger partial charge is 0.232 e. The van der Waals surface area contributed by atoms with Crippen LogP contribution in [0.4, 0.5) is 5.13 Å². The number of hydrogen-bond donors (Lipinski definition) is 2. The number of amides is 1. The maximum atomic E-state index is 13.0. The lowest BCUT2D eigenvalue weighted by atomic mass is 9.47. The SMILES string of the molecule is O=C(Nc1nc2ccccc2s1)C12C[C@H]3C[C@@H](CC(O)(C3)C1)C2. The molecular formula is C18H20N2O2S. The number of nitrogens with one attached hydrogen (secondary N) is 1. The zero-order chi connectivity index (χ0) is 15.7. The zero-order valence-corrected chi connectivity index (χ0v) is 13.7. The number of aromatic nitrogens is 1. The molecule has 1 aromatic heterocycles. The van der Waals surface area contributed by atoms with Crippen LogP contribution >= 0.6 is 11.3 Å². The third-order valence-electron chi connectivity index (χ3n) is 6.03. The first-order valence-corrected chi connectivity index (χ1v) is 9.25. The van der Waals surface area contributed by atoms with E-state index in [1.807, 2.05) is 24.3 Å². The Morgan fingerprint density at radius 3 is 2.65 bits per heavy atom. The monoisotopic (exact) mass is 328 g/mol. The second-order valence-corrected chi connectivity index (χ2v) is 8.94. The number of thiazole rings is 1. The summed E-state index contributed by atoms with van der Waals surface area (Å²) >= 11 is 1.52. The van der Waals surface area contributed by atoms with Crippen LogP contribution in [0.5, 0.6) is 0 Å². The van der Waals surface area contributed by atoms with Crippen LogP contribution in [0.15, 0.2) is 24.3 Å². The van der Waals surface area contributed by atoms with Gasteiger partial charge in [-0.15, -0.1) is 0 Å². The van der Waals surface area contributed by atoms with Gasteiger partial charge >= 0.3 is 0 Å². The molecule has 2 atom stereocenters. The van der Waals surface area contributed by atoms with E-state index in [0.29, 0.717) is 23.4 Å². The fraction of sp³-hybridized carbons (Fsp3) is 0.556. The topological polar surface area (TPSA) is 62.2 Å². The van der Waals surface area contributed by atoms with Crippen molar-refractivity contribution < 1.29 is 9.90 Å². The fourth-order valence-electron chi connectivity index (χ4n) is 5.64. The van der Waals surface area contributed by atoms with Crippen molar-refractivity contribution in [3.05, 3.63) is 24.3 Å². The third-order valence-corrected chi connectivity index (χ3v) is 6.98. The predicted molar refractivity (Wildman–Crippen MR) is 90.3 cm³/mol. The molecule has 4 fully saturated rings. The summed E-state index contributed by atoms with van der Waals surface area (Å²) in [6, 6.07) is 7.94. The Morgan fingerprint density at radius 1 is 1.22 bits per heavy atom. The van der Waals surface area contributed by atoms with Crippen LogP contribution in [-0.2, 0) is 4.79 Å². The molecule has 2 N–H and O–H groups in total. The van der Waals surface area contributed by atoms with Gasteiger partial charge in [-0.05, 0) is 62.5 Å². The van der Waals surface area contributed by atoms with E-state index in [1.54, 1.807) is 0 Å². The molecule has 0 aliphatic heterocycles. The molecule has 4 nitrogen and oxygen atoms in total. The Balaban J connectivity index is 1.44. The van der Waals surface area contributed by atoms with Gasteiger partial charge in [0.15, 0.2) is 5.13 Å². The van der Waals surface area contributed by atoms with E-state index in [1.165, 1.54) is 17.8 Å². The summed E-state index contributed by atoms with van der Waals surface area (Å²) in [5.41, 5.74) is -0.0527. The molecule has 6 rings (SSSR count). The molecular weight excluding hydrogens is 308 g/mol. The first-order chi connectivity index (χ1) is 11.0. The van der Waals surface area contributed by atoms with Crippen molar-refractivity contribution in [1.82, 2.24) is 4.98 Å².